The van der Waals surface area contributed by atoms with Crippen LogP contribution in [-0.2, 0) is 6.42 Å². The number of anilines is 1. The van der Waals surface area contributed by atoms with E-state index in [9.17, 15) is 0 Å². The first-order valence-corrected chi connectivity index (χ1v) is 5.81. The molecule has 1 atom stereocenters. The van der Waals surface area contributed by atoms with Crippen molar-refractivity contribution in [2.75, 3.05) is 5.32 Å². The molecule has 0 amide bonds. The van der Waals surface area contributed by atoms with E-state index in [-0.39, 0.29) is 6.04 Å². The maximum Gasteiger partial charge on any atom is 0.144 e. The molecule has 0 aliphatic rings. The predicted molar refractivity (Wildman–Crippen MR) is 69.1 cm³/mol. The number of nitrogens with one attached hydrogen (secondary N) is 2. The molecule has 0 saturated carbocycles. The topological polar surface area (TPSA) is 77.4 Å². The summed E-state index contributed by atoms with van der Waals surface area (Å²) in [5, 5.41) is 19.3. The van der Waals surface area contributed by atoms with Gasteiger partial charge in [0.25, 0.3) is 0 Å². The van der Waals surface area contributed by atoms with Gasteiger partial charge in [0.2, 0.25) is 0 Å². The third kappa shape index (κ3) is 2.86. The van der Waals surface area contributed by atoms with Gasteiger partial charge >= 0.3 is 0 Å². The molecule has 2 rings (SSSR count). The largest absolute Gasteiger partial charge is 0.366 e. The predicted octanol–water partition coefficient (Wildman–Crippen LogP) is 2.03. The molecule has 2 aromatic rings. The molecule has 18 heavy (non-hydrogen) atoms. The Morgan fingerprint density at radius 3 is 3.06 bits per heavy atom. The van der Waals surface area contributed by atoms with Gasteiger partial charge in [0.05, 0.1) is 11.3 Å². The van der Waals surface area contributed by atoms with Crippen molar-refractivity contribution < 1.29 is 0 Å². The van der Waals surface area contributed by atoms with Crippen molar-refractivity contribution in [2.45, 2.75) is 26.3 Å². The molecule has 0 saturated heterocycles. The summed E-state index contributed by atoms with van der Waals surface area (Å²) < 4.78 is 0. The lowest BCUT2D eigenvalue weighted by atomic mass is 10.1. The summed E-state index contributed by atoms with van der Waals surface area (Å²) in [6.45, 7) is 4.01. The standard InChI is InChI=1S/C13H15N5/c1-9(6-12-7-10(2)17-18-12)16-13-11(8-14)4-3-5-15-13/h3-5,7,9H,6H2,1-2H3,(H,15,16)(H,17,18). The highest BCUT2D eigenvalue weighted by Crippen LogP contribution is 2.12. The van der Waals surface area contributed by atoms with Crippen LogP contribution in [0, 0.1) is 18.3 Å². The van der Waals surface area contributed by atoms with Crippen molar-refractivity contribution >= 4 is 5.82 Å². The van der Waals surface area contributed by atoms with E-state index in [2.05, 4.69) is 26.6 Å². The number of hydrogen-bond donors (Lipinski definition) is 2. The number of nitriles is 1. The van der Waals surface area contributed by atoms with E-state index in [1.807, 2.05) is 19.9 Å². The number of rotatable bonds is 4. The van der Waals surface area contributed by atoms with Gasteiger partial charge in [-0.05, 0) is 32.0 Å². The van der Waals surface area contributed by atoms with Crippen molar-refractivity contribution in [3.8, 4) is 6.07 Å². The van der Waals surface area contributed by atoms with Crippen LogP contribution in [0.3, 0.4) is 0 Å². The van der Waals surface area contributed by atoms with Crippen LogP contribution < -0.4 is 5.32 Å². The number of aromatic nitrogens is 3. The van der Waals surface area contributed by atoms with E-state index >= 15 is 0 Å². The molecule has 0 bridgehead atoms. The lowest BCUT2D eigenvalue weighted by Crippen LogP contribution is -2.19. The van der Waals surface area contributed by atoms with Crippen molar-refractivity contribution in [3.05, 3.63) is 41.3 Å². The lowest BCUT2D eigenvalue weighted by molar-refractivity contribution is 0.760. The Labute approximate surface area is 106 Å². The average Bonchev–Trinajstić information content (AvgIpc) is 2.75. The zero-order valence-electron chi connectivity index (χ0n) is 10.4. The van der Waals surface area contributed by atoms with E-state index in [4.69, 9.17) is 5.26 Å². The molecule has 0 radical (unpaired) electrons. The van der Waals surface area contributed by atoms with E-state index < -0.39 is 0 Å². The zero-order valence-corrected chi connectivity index (χ0v) is 10.4. The summed E-state index contributed by atoms with van der Waals surface area (Å²) in [5.41, 5.74) is 2.61. The Hall–Kier alpha value is -2.35. The second-order valence-corrected chi connectivity index (χ2v) is 4.30. The monoisotopic (exact) mass is 241 g/mol. The molecule has 2 heterocycles. The minimum atomic E-state index is 0.162. The summed E-state index contributed by atoms with van der Waals surface area (Å²) in [6.07, 6.45) is 2.46. The van der Waals surface area contributed by atoms with Gasteiger partial charge in [0.15, 0.2) is 0 Å². The van der Waals surface area contributed by atoms with E-state index in [0.29, 0.717) is 11.4 Å². The van der Waals surface area contributed by atoms with Crippen LogP contribution in [0.25, 0.3) is 0 Å². The fraction of sp³-hybridized carbons (Fsp3) is 0.308. The van der Waals surface area contributed by atoms with Gasteiger partial charge in [-0.2, -0.15) is 10.4 Å². The minimum Gasteiger partial charge on any atom is -0.366 e. The highest BCUT2D eigenvalue weighted by atomic mass is 15.1. The van der Waals surface area contributed by atoms with Crippen molar-refractivity contribution in [1.29, 1.82) is 5.26 Å². The molecule has 2 aromatic heterocycles. The second kappa shape index (κ2) is 5.32. The third-order valence-corrected chi connectivity index (χ3v) is 2.59. The highest BCUT2D eigenvalue weighted by molar-refractivity contribution is 5.51. The lowest BCUT2D eigenvalue weighted by Gasteiger charge is -2.13. The Morgan fingerprint density at radius 2 is 2.39 bits per heavy atom. The van der Waals surface area contributed by atoms with Crippen LogP contribution in [0.15, 0.2) is 24.4 Å². The Balaban J connectivity index is 2.03. The van der Waals surface area contributed by atoms with Crippen LogP contribution in [0.4, 0.5) is 5.82 Å². The normalized spacial score (nSPS) is 11.8. The molecule has 0 aliphatic heterocycles. The van der Waals surface area contributed by atoms with Crippen LogP contribution in [0.5, 0.6) is 0 Å². The highest BCUT2D eigenvalue weighted by Gasteiger charge is 2.09. The maximum absolute atomic E-state index is 8.98. The van der Waals surface area contributed by atoms with E-state index in [1.165, 1.54) is 0 Å². The molecule has 0 aromatic carbocycles. The maximum atomic E-state index is 8.98. The molecular formula is C13H15N5. The molecule has 92 valence electrons. The van der Waals surface area contributed by atoms with Crippen molar-refractivity contribution in [1.82, 2.24) is 15.2 Å². The number of pyridine rings is 1. The average molecular weight is 241 g/mol. The minimum absolute atomic E-state index is 0.162. The van der Waals surface area contributed by atoms with Crippen LogP contribution in [0.2, 0.25) is 0 Å². The van der Waals surface area contributed by atoms with Crippen LogP contribution in [-0.4, -0.2) is 21.2 Å². The first kappa shape index (κ1) is 12.1. The molecule has 2 N–H and O–H groups in total. The summed E-state index contributed by atoms with van der Waals surface area (Å²) >= 11 is 0. The molecule has 1 unspecified atom stereocenters. The smallest absolute Gasteiger partial charge is 0.144 e. The summed E-state index contributed by atoms with van der Waals surface area (Å²) in [4.78, 5) is 4.17. The molecule has 0 aliphatic carbocycles. The fourth-order valence-electron chi connectivity index (χ4n) is 1.79. The van der Waals surface area contributed by atoms with Crippen molar-refractivity contribution in [2.24, 2.45) is 0 Å². The van der Waals surface area contributed by atoms with E-state index in [0.717, 1.165) is 17.8 Å². The molecule has 5 nitrogen and oxygen atoms in total. The fourth-order valence-corrected chi connectivity index (χ4v) is 1.79. The second-order valence-electron chi connectivity index (χ2n) is 4.30. The molecule has 0 fully saturated rings. The van der Waals surface area contributed by atoms with Gasteiger partial charge in [-0.25, -0.2) is 4.98 Å². The zero-order chi connectivity index (χ0) is 13.0. The SMILES string of the molecule is Cc1cc(CC(C)Nc2ncccc2C#N)n[nH]1. The molecular weight excluding hydrogens is 226 g/mol. The number of hydrogen-bond acceptors (Lipinski definition) is 4. The molecule has 0 spiro atoms. The number of nitrogens with zero attached hydrogens (tertiary/aromatic N) is 3. The van der Waals surface area contributed by atoms with Gasteiger partial charge in [0, 0.05) is 24.4 Å². The summed E-state index contributed by atoms with van der Waals surface area (Å²) in [7, 11) is 0. The number of H-pyrrole nitrogens is 1. The Kier molecular flexibility index (Phi) is 3.58. The van der Waals surface area contributed by atoms with Crippen LogP contribution in [0.1, 0.15) is 23.9 Å². The number of aryl methyl sites for hydroxylation is 1. The van der Waals surface area contributed by atoms with Gasteiger partial charge in [0.1, 0.15) is 11.9 Å². The van der Waals surface area contributed by atoms with Crippen LogP contribution >= 0.6 is 0 Å². The first-order chi connectivity index (χ1) is 8.69. The Morgan fingerprint density at radius 1 is 1.56 bits per heavy atom. The van der Waals surface area contributed by atoms with Gasteiger partial charge < -0.3 is 5.32 Å². The van der Waals surface area contributed by atoms with Crippen molar-refractivity contribution in [3.63, 3.8) is 0 Å². The quantitative estimate of drug-likeness (QED) is 0.858. The van der Waals surface area contributed by atoms with Gasteiger partial charge in [-0.15, -0.1) is 0 Å². The Bertz CT molecular complexity index is 567. The molecule has 5 heteroatoms. The first-order valence-electron chi connectivity index (χ1n) is 5.81. The number of aromatic amines is 1. The summed E-state index contributed by atoms with van der Waals surface area (Å²) in [5.74, 6) is 0.625. The van der Waals surface area contributed by atoms with E-state index in [1.54, 1.807) is 18.3 Å². The summed E-state index contributed by atoms with van der Waals surface area (Å²) in [6, 6.07) is 7.81. The van der Waals surface area contributed by atoms with Gasteiger partial charge in [-0.3, -0.25) is 5.10 Å². The third-order valence-electron chi connectivity index (χ3n) is 2.59. The van der Waals surface area contributed by atoms with Gasteiger partial charge in [-0.1, -0.05) is 0 Å².